The Balaban J connectivity index is 2.43. The molecule has 0 aromatic heterocycles. The normalized spacial score (nSPS) is 13.3. The molecule has 0 aliphatic carbocycles. The number of carbonyl (C=O) groups excluding carboxylic acids is 5. The molecule has 0 saturated carbocycles. The number of carboxylic acid groups (broad SMARTS) is 1. The van der Waals surface area contributed by atoms with E-state index in [1.54, 1.807) is 44.2 Å². The van der Waals surface area contributed by atoms with Gasteiger partial charge in [0.25, 0.3) is 5.91 Å². The van der Waals surface area contributed by atoms with Gasteiger partial charge < -0.3 is 32.5 Å². The Morgan fingerprint density at radius 2 is 1.50 bits per heavy atom. The van der Waals surface area contributed by atoms with Crippen molar-refractivity contribution in [3.8, 4) is 6.07 Å². The topological polar surface area (TPSA) is 238 Å². The molecule has 0 spiro atoms. The summed E-state index contributed by atoms with van der Waals surface area (Å²) in [6, 6.07) is 16.2. The molecule has 4 atom stereocenters. The molecule has 16 heteroatoms. The average Bonchev–Trinajstić information content (AvgIpc) is 3.15. The lowest BCUT2D eigenvalue weighted by molar-refractivity contribution is -0.151. The van der Waals surface area contributed by atoms with E-state index in [0.717, 1.165) is 5.56 Å². The molecule has 0 fully saturated rings. The van der Waals surface area contributed by atoms with Crippen LogP contribution >= 0.6 is 24.0 Å². The third-order valence-corrected chi connectivity index (χ3v) is 9.90. The third-order valence-electron chi connectivity index (χ3n) is 8.28. The Kier molecular flexibility index (Phi) is 19.5. The Labute approximate surface area is 326 Å². The minimum atomic E-state index is -1.51. The van der Waals surface area contributed by atoms with Crippen molar-refractivity contribution >= 4 is 63.7 Å². The minimum absolute atomic E-state index is 0.0349. The molecule has 2 aromatic carbocycles. The van der Waals surface area contributed by atoms with Crippen molar-refractivity contribution in [1.82, 2.24) is 20.9 Å². The number of rotatable bonds is 22. The lowest BCUT2D eigenvalue weighted by Gasteiger charge is -2.31. The van der Waals surface area contributed by atoms with E-state index in [0.29, 0.717) is 34.0 Å². The van der Waals surface area contributed by atoms with Gasteiger partial charge >= 0.3 is 5.97 Å². The molecule has 5 amide bonds. The number of nitrogens with one attached hydrogen (secondary N) is 3. The Morgan fingerprint density at radius 3 is 2.07 bits per heavy atom. The summed E-state index contributed by atoms with van der Waals surface area (Å²) in [5.74, 6) is -5.35. The smallest absolute Gasteiger partial charge is 0.326 e. The molecule has 4 unspecified atom stereocenters. The van der Waals surface area contributed by atoms with Gasteiger partial charge in [-0.2, -0.15) is 5.26 Å². The Bertz CT molecular complexity index is 1640. The van der Waals surface area contributed by atoms with Gasteiger partial charge in [0.1, 0.15) is 24.7 Å². The molecule has 292 valence electrons. The number of amides is 5. The first-order valence-electron chi connectivity index (χ1n) is 17.7. The summed E-state index contributed by atoms with van der Waals surface area (Å²) in [4.78, 5) is 80.4. The van der Waals surface area contributed by atoms with Gasteiger partial charge in [0.15, 0.2) is 0 Å². The first kappa shape index (κ1) is 45.5. The van der Waals surface area contributed by atoms with E-state index in [2.05, 4.69) is 22.0 Å². The van der Waals surface area contributed by atoms with Crippen molar-refractivity contribution in [2.24, 2.45) is 16.9 Å². The van der Waals surface area contributed by atoms with Gasteiger partial charge in [0.2, 0.25) is 23.6 Å². The van der Waals surface area contributed by atoms with Gasteiger partial charge in [0.05, 0.1) is 22.2 Å². The molecule has 0 radical (unpaired) electrons. The van der Waals surface area contributed by atoms with Crippen molar-refractivity contribution in [3.05, 3.63) is 71.8 Å². The molecule has 14 nitrogen and oxygen atoms in total. The number of nitrogens with zero attached hydrogens (tertiary/aromatic N) is 2. The first-order valence-corrected chi connectivity index (χ1v) is 19.0. The molecule has 0 heterocycles. The van der Waals surface area contributed by atoms with Gasteiger partial charge in [-0.05, 0) is 63.6 Å². The lowest BCUT2D eigenvalue weighted by Crippen LogP contribution is -2.58. The average molecular weight is 782 g/mol. The number of imide groups is 1. The van der Waals surface area contributed by atoms with Crippen LogP contribution in [0.4, 0.5) is 0 Å². The number of carboxylic acids is 1. The minimum Gasteiger partial charge on any atom is -0.480 e. The van der Waals surface area contributed by atoms with E-state index in [4.69, 9.17) is 23.7 Å². The molecule has 8 N–H and O–H groups in total. The predicted octanol–water partition coefficient (Wildman–Crippen LogP) is 2.43. The van der Waals surface area contributed by atoms with Gasteiger partial charge in [-0.25, -0.2) is 4.79 Å². The number of carbonyl (C=O) groups is 6. The zero-order valence-electron chi connectivity index (χ0n) is 30.9. The van der Waals surface area contributed by atoms with Crippen molar-refractivity contribution in [2.45, 2.75) is 89.1 Å². The molecule has 0 aliphatic rings. The largest absolute Gasteiger partial charge is 0.480 e. The number of nitriles is 1. The summed E-state index contributed by atoms with van der Waals surface area (Å²) < 4.78 is 0.616. The van der Waals surface area contributed by atoms with Crippen molar-refractivity contribution in [2.75, 3.05) is 19.6 Å². The highest BCUT2D eigenvalue weighted by Crippen LogP contribution is 2.25. The molecule has 54 heavy (non-hydrogen) atoms. The number of thioether (sulfide) groups is 1. The second-order valence-electron chi connectivity index (χ2n) is 13.5. The van der Waals surface area contributed by atoms with E-state index in [1.807, 2.05) is 37.3 Å². The van der Waals surface area contributed by atoms with E-state index in [-0.39, 0.29) is 37.4 Å². The maximum atomic E-state index is 14.4. The fraction of sp³-hybridized carbons (Fsp3) is 0.474. The molecule has 2 aromatic rings. The van der Waals surface area contributed by atoms with Crippen LogP contribution in [0.5, 0.6) is 0 Å². The fourth-order valence-electron chi connectivity index (χ4n) is 5.30. The quantitative estimate of drug-likeness (QED) is 0.0747. The number of thiocarbonyl (C=S) groups is 1. The molecule has 0 saturated heterocycles. The van der Waals surface area contributed by atoms with Crippen LogP contribution in [0.3, 0.4) is 0 Å². The fourth-order valence-corrected chi connectivity index (χ4v) is 6.80. The summed E-state index contributed by atoms with van der Waals surface area (Å²) in [5, 5.41) is 27.0. The second-order valence-corrected chi connectivity index (χ2v) is 15.6. The van der Waals surface area contributed by atoms with Gasteiger partial charge in [0, 0.05) is 18.1 Å². The Morgan fingerprint density at radius 1 is 0.889 bits per heavy atom. The number of unbranched alkanes of at least 4 members (excludes halogenated alkanes) is 1. The predicted molar refractivity (Wildman–Crippen MR) is 211 cm³/mol. The molecular weight excluding hydrogens is 731 g/mol. The number of nitrogens with two attached hydrogens (primary N) is 2. The second kappa shape index (κ2) is 23.2. The van der Waals surface area contributed by atoms with Gasteiger partial charge in [-0.1, -0.05) is 79.8 Å². The molecular formula is C38H51N7O7S2. The molecule has 0 aliphatic heterocycles. The zero-order chi connectivity index (χ0) is 40.3. The Hall–Kier alpha value is -4.69. The van der Waals surface area contributed by atoms with Crippen LogP contribution in [0.2, 0.25) is 0 Å². The van der Waals surface area contributed by atoms with Crippen molar-refractivity contribution in [3.63, 3.8) is 0 Å². The highest BCUT2D eigenvalue weighted by Gasteiger charge is 2.37. The highest BCUT2D eigenvalue weighted by molar-refractivity contribution is 8.24. The van der Waals surface area contributed by atoms with Crippen LogP contribution in [0.25, 0.3) is 0 Å². The lowest BCUT2D eigenvalue weighted by atomic mass is 9.86. The van der Waals surface area contributed by atoms with E-state index in [9.17, 15) is 39.1 Å². The third kappa shape index (κ3) is 16.1. The van der Waals surface area contributed by atoms with Crippen LogP contribution in [-0.4, -0.2) is 92.7 Å². The van der Waals surface area contributed by atoms with Gasteiger partial charge in [-0.3, -0.25) is 28.9 Å². The first-order chi connectivity index (χ1) is 25.6. The molecule has 0 bridgehead atoms. The summed E-state index contributed by atoms with van der Waals surface area (Å²) in [6.45, 7) is 4.03. The zero-order valence-corrected chi connectivity index (χ0v) is 32.5. The van der Waals surface area contributed by atoms with Gasteiger partial charge in [-0.15, -0.1) is 11.8 Å². The van der Waals surface area contributed by atoms with E-state index < -0.39 is 72.1 Å². The monoisotopic (exact) mass is 781 g/mol. The van der Waals surface area contributed by atoms with Crippen LogP contribution in [0.1, 0.15) is 70.4 Å². The number of hydrogen-bond acceptors (Lipinski definition) is 11. The highest BCUT2D eigenvalue weighted by atomic mass is 32.2. The maximum absolute atomic E-state index is 14.4. The summed E-state index contributed by atoms with van der Waals surface area (Å²) >= 11 is 6.94. The van der Waals surface area contributed by atoms with Crippen LogP contribution in [0, 0.1) is 16.7 Å². The number of benzene rings is 2. The van der Waals surface area contributed by atoms with Crippen LogP contribution in [-0.2, 0) is 35.2 Å². The SMILES string of the molecule is CC(CCC(=O)N(CC(=O)NC(CCCCN)C(=O)O)C(=O)C(CC(C)(C)C#N)NC(=O)C(Cc1ccccc1)NC(=O)CN)SC(=S)c1ccccc1. The standard InChI is InChI=1S/C38H51N7O7S2/c1-25(54-37(53)27-14-8-5-9-15-27)17-18-33(48)45(23-32(47)42-28(36(51)52)16-10-11-19-39)35(50)30(21-38(2,3)24-41)44-34(49)29(43-31(46)22-40)20-26-12-6-4-7-13-26/h4-9,12-15,25,28-30H,10-11,16-23,39-40H2,1-3H3,(H,42,47)(H,43,46)(H,44,49)(H,51,52). The maximum Gasteiger partial charge on any atom is 0.326 e. The van der Waals surface area contributed by atoms with Crippen molar-refractivity contribution in [1.29, 1.82) is 5.26 Å². The summed E-state index contributed by atoms with van der Waals surface area (Å²) in [5.41, 5.74) is 11.4. The van der Waals surface area contributed by atoms with Crippen LogP contribution < -0.4 is 27.4 Å². The molecule has 2 rings (SSSR count). The number of hydrogen-bond donors (Lipinski definition) is 6. The number of aliphatic carboxylic acids is 1. The van der Waals surface area contributed by atoms with E-state index in [1.165, 1.54) is 11.8 Å². The summed E-state index contributed by atoms with van der Waals surface area (Å²) in [7, 11) is 0. The summed E-state index contributed by atoms with van der Waals surface area (Å²) in [6.07, 6.45) is 0.836. The van der Waals surface area contributed by atoms with Crippen LogP contribution in [0.15, 0.2) is 60.7 Å². The van der Waals surface area contributed by atoms with E-state index >= 15 is 0 Å². The van der Waals surface area contributed by atoms with Crippen molar-refractivity contribution < 1.29 is 33.9 Å².